The molecule has 0 amide bonds. The summed E-state index contributed by atoms with van der Waals surface area (Å²) in [6.07, 6.45) is 0. The maximum absolute atomic E-state index is 13.6. The van der Waals surface area contributed by atoms with E-state index in [2.05, 4.69) is 19.2 Å². The average molecular weight is 445 g/mol. The van der Waals surface area contributed by atoms with Gasteiger partial charge in [-0.2, -0.15) is 0 Å². The maximum atomic E-state index is 13.6. The Morgan fingerprint density at radius 2 is 1.13 bits per heavy atom. The third-order valence-corrected chi connectivity index (χ3v) is 7.20. The molecular formula is C25H25Cl2FNO+. The molecule has 30 heavy (non-hydrogen) atoms. The van der Waals surface area contributed by atoms with E-state index in [0.717, 1.165) is 16.7 Å². The minimum atomic E-state index is -1.14. The van der Waals surface area contributed by atoms with Gasteiger partial charge in [0.1, 0.15) is 23.5 Å². The summed E-state index contributed by atoms with van der Waals surface area (Å²) < 4.78 is 13.6. The molecule has 1 saturated heterocycles. The van der Waals surface area contributed by atoms with Crippen LogP contribution in [0.4, 0.5) is 4.39 Å². The van der Waals surface area contributed by atoms with Gasteiger partial charge >= 0.3 is 0 Å². The summed E-state index contributed by atoms with van der Waals surface area (Å²) in [5.74, 6) is -0.557. The fourth-order valence-electron chi connectivity index (χ4n) is 4.93. The van der Waals surface area contributed by atoms with Crippen molar-refractivity contribution in [1.29, 1.82) is 0 Å². The summed E-state index contributed by atoms with van der Waals surface area (Å²) in [4.78, 5) is 0. The van der Waals surface area contributed by atoms with Gasteiger partial charge in [0, 0.05) is 33.0 Å². The van der Waals surface area contributed by atoms with E-state index in [4.69, 9.17) is 23.2 Å². The SMILES string of the molecule is C[C@H]1[C@@H](c2ccc(Cl)cc2)[NH2+][C@@H](c2ccc(Cl)cc2)[C@H](C)C1(O)c1ccc(F)cc1. The Balaban J connectivity index is 1.83. The Morgan fingerprint density at radius 3 is 1.53 bits per heavy atom. The van der Waals surface area contributed by atoms with Crippen molar-refractivity contribution in [3.8, 4) is 0 Å². The molecule has 3 N–H and O–H groups in total. The van der Waals surface area contributed by atoms with Crippen molar-refractivity contribution >= 4 is 23.2 Å². The van der Waals surface area contributed by atoms with Gasteiger partial charge in [-0.3, -0.25) is 0 Å². The number of quaternary nitrogens is 1. The van der Waals surface area contributed by atoms with Crippen LogP contribution in [0.5, 0.6) is 0 Å². The smallest absolute Gasteiger partial charge is 0.123 e. The highest BCUT2D eigenvalue weighted by Gasteiger charge is 2.55. The molecule has 0 aromatic heterocycles. The van der Waals surface area contributed by atoms with Crippen LogP contribution in [0.2, 0.25) is 10.0 Å². The van der Waals surface area contributed by atoms with E-state index in [1.807, 2.05) is 48.5 Å². The lowest BCUT2D eigenvalue weighted by Crippen LogP contribution is -2.93. The predicted molar refractivity (Wildman–Crippen MR) is 119 cm³/mol. The first kappa shape index (κ1) is 21.3. The lowest BCUT2D eigenvalue weighted by molar-refractivity contribution is -0.765. The van der Waals surface area contributed by atoms with E-state index in [1.54, 1.807) is 12.1 Å². The molecule has 4 rings (SSSR count). The van der Waals surface area contributed by atoms with Gasteiger partial charge in [0.05, 0.1) is 0 Å². The number of aliphatic hydroxyl groups is 1. The number of hydrogen-bond donors (Lipinski definition) is 2. The fourth-order valence-corrected chi connectivity index (χ4v) is 5.18. The van der Waals surface area contributed by atoms with Crippen LogP contribution in [0.3, 0.4) is 0 Å². The lowest BCUT2D eigenvalue weighted by Gasteiger charge is -2.49. The topological polar surface area (TPSA) is 36.8 Å². The van der Waals surface area contributed by atoms with Gasteiger partial charge in [0.2, 0.25) is 0 Å². The Morgan fingerprint density at radius 1 is 0.733 bits per heavy atom. The first-order valence-electron chi connectivity index (χ1n) is 10.1. The molecule has 5 heteroatoms. The van der Waals surface area contributed by atoms with E-state index in [0.29, 0.717) is 10.0 Å². The van der Waals surface area contributed by atoms with E-state index >= 15 is 0 Å². The van der Waals surface area contributed by atoms with Gasteiger partial charge in [-0.25, -0.2) is 4.39 Å². The number of rotatable bonds is 3. The highest BCUT2D eigenvalue weighted by atomic mass is 35.5. The number of piperidine rings is 1. The second-order valence-corrected chi connectivity index (χ2v) is 9.13. The summed E-state index contributed by atoms with van der Waals surface area (Å²) in [5.41, 5.74) is 1.78. The van der Waals surface area contributed by atoms with Crippen LogP contribution in [0, 0.1) is 17.7 Å². The van der Waals surface area contributed by atoms with Crippen LogP contribution in [0.25, 0.3) is 0 Å². The monoisotopic (exact) mass is 444 g/mol. The van der Waals surface area contributed by atoms with Gasteiger partial charge in [0.15, 0.2) is 0 Å². The van der Waals surface area contributed by atoms with Crippen molar-refractivity contribution in [2.45, 2.75) is 31.5 Å². The molecule has 0 saturated carbocycles. The van der Waals surface area contributed by atoms with Crippen LogP contribution < -0.4 is 5.32 Å². The summed E-state index contributed by atoms with van der Waals surface area (Å²) in [6.45, 7) is 4.13. The van der Waals surface area contributed by atoms with Crippen molar-refractivity contribution in [2.75, 3.05) is 0 Å². The molecule has 156 valence electrons. The van der Waals surface area contributed by atoms with Crippen LogP contribution >= 0.6 is 23.2 Å². The van der Waals surface area contributed by atoms with Crippen LogP contribution in [0.1, 0.15) is 42.6 Å². The van der Waals surface area contributed by atoms with Crippen molar-refractivity contribution in [1.82, 2.24) is 0 Å². The Hall–Kier alpha value is -1.91. The van der Waals surface area contributed by atoms with Gasteiger partial charge in [-0.05, 0) is 42.0 Å². The molecule has 0 aliphatic carbocycles. The summed E-state index contributed by atoms with van der Waals surface area (Å²) in [6, 6.07) is 21.8. The van der Waals surface area contributed by atoms with Gasteiger partial charge < -0.3 is 10.4 Å². The fraction of sp³-hybridized carbons (Fsp3) is 0.280. The normalized spacial score (nSPS) is 29.0. The zero-order valence-corrected chi connectivity index (χ0v) is 18.4. The zero-order chi connectivity index (χ0) is 21.5. The quantitative estimate of drug-likeness (QED) is 0.537. The molecule has 5 atom stereocenters. The van der Waals surface area contributed by atoms with Gasteiger partial charge in [-0.1, -0.05) is 73.4 Å². The largest absolute Gasteiger partial charge is 0.384 e. The molecule has 1 aliphatic heterocycles. The van der Waals surface area contributed by atoms with Crippen molar-refractivity contribution < 1.29 is 14.8 Å². The Bertz CT molecular complexity index is 947. The average Bonchev–Trinajstić information content (AvgIpc) is 2.74. The molecule has 1 fully saturated rings. The first-order chi connectivity index (χ1) is 14.3. The Kier molecular flexibility index (Phi) is 5.91. The molecule has 1 unspecified atom stereocenters. The van der Waals surface area contributed by atoms with E-state index in [1.165, 1.54) is 12.1 Å². The molecule has 1 aliphatic rings. The number of halogens is 3. The second-order valence-electron chi connectivity index (χ2n) is 8.26. The minimum Gasteiger partial charge on any atom is -0.384 e. The third kappa shape index (κ3) is 3.76. The molecule has 3 aromatic rings. The van der Waals surface area contributed by atoms with Crippen LogP contribution in [-0.4, -0.2) is 5.11 Å². The predicted octanol–water partition coefficient (Wildman–Crippen LogP) is 5.65. The van der Waals surface area contributed by atoms with E-state index < -0.39 is 5.60 Å². The molecule has 0 bridgehead atoms. The first-order valence-corrected chi connectivity index (χ1v) is 10.9. The molecule has 0 radical (unpaired) electrons. The summed E-state index contributed by atoms with van der Waals surface area (Å²) >= 11 is 12.2. The highest BCUT2D eigenvalue weighted by Crippen LogP contribution is 2.48. The molecule has 1 heterocycles. The van der Waals surface area contributed by atoms with Crippen LogP contribution in [-0.2, 0) is 5.60 Å². The standard InChI is InChI=1S/C25H24Cl2FNO/c1-15-23(17-3-9-20(26)10-4-17)29-24(18-5-11-21(27)12-6-18)16(2)25(15,30)19-7-13-22(28)14-8-19/h3-16,23-24,29-30H,1-2H3/p+1/t15-,16-,23-,24+,25?/m0/s1. The summed E-state index contributed by atoms with van der Waals surface area (Å²) in [7, 11) is 0. The molecule has 2 nitrogen and oxygen atoms in total. The summed E-state index contributed by atoms with van der Waals surface area (Å²) in [5, 5.41) is 15.8. The van der Waals surface area contributed by atoms with Crippen molar-refractivity contribution in [2.24, 2.45) is 11.8 Å². The van der Waals surface area contributed by atoms with Crippen LogP contribution in [0.15, 0.2) is 72.8 Å². The number of hydrogen-bond acceptors (Lipinski definition) is 1. The lowest BCUT2D eigenvalue weighted by atomic mass is 9.63. The minimum absolute atomic E-state index is 0.00537. The zero-order valence-electron chi connectivity index (χ0n) is 16.9. The van der Waals surface area contributed by atoms with Gasteiger partial charge in [0.25, 0.3) is 0 Å². The number of nitrogens with two attached hydrogens (primary N) is 1. The van der Waals surface area contributed by atoms with Crippen molar-refractivity contribution in [3.63, 3.8) is 0 Å². The second kappa shape index (κ2) is 8.32. The van der Waals surface area contributed by atoms with Crippen molar-refractivity contribution in [3.05, 3.63) is 105 Å². The number of benzene rings is 3. The molecule has 0 spiro atoms. The maximum Gasteiger partial charge on any atom is 0.123 e. The van der Waals surface area contributed by atoms with E-state index in [-0.39, 0.29) is 29.7 Å². The molecular weight excluding hydrogens is 420 g/mol. The van der Waals surface area contributed by atoms with Gasteiger partial charge in [-0.15, -0.1) is 0 Å². The molecule has 3 aromatic carbocycles. The third-order valence-electron chi connectivity index (χ3n) is 6.70. The Labute approximate surface area is 186 Å². The van der Waals surface area contributed by atoms with E-state index in [9.17, 15) is 9.50 Å². The highest BCUT2D eigenvalue weighted by molar-refractivity contribution is 6.30.